The number of aliphatic hydroxyl groups excluding tert-OH is 1. The third-order valence-corrected chi connectivity index (χ3v) is 4.41. The summed E-state index contributed by atoms with van der Waals surface area (Å²) < 4.78 is 1.92. The molecule has 0 aromatic carbocycles. The lowest BCUT2D eigenvalue weighted by molar-refractivity contribution is 0.125. The Balaban J connectivity index is 1.74. The van der Waals surface area contributed by atoms with Crippen molar-refractivity contribution in [1.29, 1.82) is 0 Å². The van der Waals surface area contributed by atoms with Gasteiger partial charge in [-0.05, 0) is 25.7 Å². The first-order chi connectivity index (χ1) is 9.22. The van der Waals surface area contributed by atoms with E-state index in [9.17, 15) is 5.11 Å². The van der Waals surface area contributed by atoms with Crippen LogP contribution in [0.25, 0.3) is 11.2 Å². The number of hydrogen-bond acceptors (Lipinski definition) is 5. The van der Waals surface area contributed by atoms with Crippen molar-refractivity contribution in [2.24, 2.45) is 7.05 Å². The smallest absolute Gasteiger partial charge is 0.227 e. The molecule has 0 aliphatic carbocycles. The number of hydrogen-bond donors (Lipinski definition) is 1. The van der Waals surface area contributed by atoms with Gasteiger partial charge >= 0.3 is 0 Å². The van der Waals surface area contributed by atoms with E-state index < -0.39 is 0 Å². The molecule has 2 saturated heterocycles. The summed E-state index contributed by atoms with van der Waals surface area (Å²) in [5.41, 5.74) is 1.70. The van der Waals surface area contributed by atoms with Crippen molar-refractivity contribution < 1.29 is 5.11 Å². The SMILES string of the molecule is Cn1cnc2nc(N3[C@@H]4CC[C@H]3CC(O)C4)ncc21. The largest absolute Gasteiger partial charge is 0.393 e. The van der Waals surface area contributed by atoms with E-state index in [1.54, 1.807) is 6.33 Å². The minimum Gasteiger partial charge on any atom is -0.393 e. The molecule has 19 heavy (non-hydrogen) atoms. The lowest BCUT2D eigenvalue weighted by Crippen LogP contribution is -2.45. The van der Waals surface area contributed by atoms with Gasteiger partial charge in [0.15, 0.2) is 5.65 Å². The highest BCUT2D eigenvalue weighted by Crippen LogP contribution is 2.37. The first-order valence-corrected chi connectivity index (χ1v) is 6.83. The van der Waals surface area contributed by atoms with Gasteiger partial charge in [-0.15, -0.1) is 0 Å². The molecule has 2 bridgehead atoms. The first-order valence-electron chi connectivity index (χ1n) is 6.83. The van der Waals surface area contributed by atoms with Crippen LogP contribution in [0, 0.1) is 0 Å². The average molecular weight is 259 g/mol. The van der Waals surface area contributed by atoms with Crippen molar-refractivity contribution in [3.05, 3.63) is 12.5 Å². The first kappa shape index (κ1) is 11.2. The molecule has 3 atom stereocenters. The number of aliphatic hydroxyl groups is 1. The monoisotopic (exact) mass is 259 g/mol. The zero-order chi connectivity index (χ0) is 13.0. The minimum absolute atomic E-state index is 0.160. The zero-order valence-electron chi connectivity index (χ0n) is 10.9. The quantitative estimate of drug-likeness (QED) is 0.822. The maximum absolute atomic E-state index is 9.85. The van der Waals surface area contributed by atoms with Crippen LogP contribution < -0.4 is 4.90 Å². The summed E-state index contributed by atoms with van der Waals surface area (Å²) in [5, 5.41) is 9.85. The molecule has 0 spiro atoms. The van der Waals surface area contributed by atoms with E-state index in [2.05, 4.69) is 19.9 Å². The van der Waals surface area contributed by atoms with E-state index >= 15 is 0 Å². The van der Waals surface area contributed by atoms with Crippen LogP contribution in [0.3, 0.4) is 0 Å². The van der Waals surface area contributed by atoms with Crippen LogP contribution in [0.1, 0.15) is 25.7 Å². The number of rotatable bonds is 1. The van der Waals surface area contributed by atoms with E-state index in [1.807, 2.05) is 17.8 Å². The Hall–Kier alpha value is -1.69. The highest BCUT2D eigenvalue weighted by molar-refractivity contribution is 5.71. The van der Waals surface area contributed by atoms with Crippen LogP contribution in [0.5, 0.6) is 0 Å². The summed E-state index contributed by atoms with van der Waals surface area (Å²) in [6.07, 6.45) is 7.37. The van der Waals surface area contributed by atoms with Gasteiger partial charge in [0.05, 0.1) is 18.6 Å². The Labute approximate surface area is 111 Å². The molecule has 0 radical (unpaired) electrons. The van der Waals surface area contributed by atoms with E-state index in [-0.39, 0.29) is 6.10 Å². The van der Waals surface area contributed by atoms with Gasteiger partial charge in [-0.2, -0.15) is 4.98 Å². The number of nitrogens with zero attached hydrogens (tertiary/aromatic N) is 5. The fraction of sp³-hybridized carbons (Fsp3) is 0.615. The molecule has 6 heteroatoms. The van der Waals surface area contributed by atoms with Crippen molar-refractivity contribution in [3.8, 4) is 0 Å². The van der Waals surface area contributed by atoms with Crippen molar-refractivity contribution in [2.75, 3.05) is 4.90 Å². The summed E-state index contributed by atoms with van der Waals surface area (Å²) in [7, 11) is 1.94. The van der Waals surface area contributed by atoms with Gasteiger partial charge in [0.25, 0.3) is 0 Å². The number of aromatic nitrogens is 4. The Morgan fingerprint density at radius 3 is 2.68 bits per heavy atom. The van der Waals surface area contributed by atoms with E-state index in [4.69, 9.17) is 0 Å². The molecule has 2 aromatic rings. The van der Waals surface area contributed by atoms with Gasteiger partial charge in [0.2, 0.25) is 5.95 Å². The zero-order valence-corrected chi connectivity index (χ0v) is 10.9. The molecule has 2 aliphatic rings. The second-order valence-electron chi connectivity index (χ2n) is 5.65. The van der Waals surface area contributed by atoms with E-state index in [0.29, 0.717) is 12.1 Å². The molecule has 4 rings (SSSR count). The highest BCUT2D eigenvalue weighted by Gasteiger charge is 2.41. The molecule has 0 saturated carbocycles. The van der Waals surface area contributed by atoms with Gasteiger partial charge in [0, 0.05) is 19.1 Å². The molecule has 2 fully saturated rings. The standard InChI is InChI=1S/C13H17N5O/c1-17-7-15-12-11(17)6-14-13(16-12)18-8-2-3-9(18)5-10(19)4-8/h6-10,19H,2-5H2,1H3/t8-,9+,10?. The predicted molar refractivity (Wildman–Crippen MR) is 70.8 cm³/mol. The number of imidazole rings is 1. The molecule has 6 nitrogen and oxygen atoms in total. The van der Waals surface area contributed by atoms with Gasteiger partial charge in [-0.25, -0.2) is 9.97 Å². The molecule has 4 heterocycles. The summed E-state index contributed by atoms with van der Waals surface area (Å²) >= 11 is 0. The molecule has 2 aromatic heterocycles. The Bertz CT molecular complexity index is 611. The Kier molecular flexibility index (Phi) is 2.29. The maximum atomic E-state index is 9.85. The van der Waals surface area contributed by atoms with Crippen molar-refractivity contribution in [3.63, 3.8) is 0 Å². The maximum Gasteiger partial charge on any atom is 0.227 e. The molecule has 2 aliphatic heterocycles. The van der Waals surface area contributed by atoms with Gasteiger partial charge in [-0.3, -0.25) is 0 Å². The van der Waals surface area contributed by atoms with Gasteiger partial charge in [0.1, 0.15) is 5.52 Å². The number of fused-ring (bicyclic) bond motifs is 3. The molecule has 1 N–H and O–H groups in total. The third kappa shape index (κ3) is 1.63. The molecular formula is C13H17N5O. The number of piperidine rings is 1. The molecular weight excluding hydrogens is 242 g/mol. The molecule has 0 amide bonds. The second-order valence-corrected chi connectivity index (χ2v) is 5.65. The molecule has 100 valence electrons. The van der Waals surface area contributed by atoms with Crippen molar-refractivity contribution in [2.45, 2.75) is 43.9 Å². The summed E-state index contributed by atoms with van der Waals surface area (Å²) in [6, 6.07) is 0.768. The van der Waals surface area contributed by atoms with E-state index in [1.165, 1.54) is 0 Å². The summed E-state index contributed by atoms with van der Waals surface area (Å²) in [4.78, 5) is 15.7. The Morgan fingerprint density at radius 2 is 1.95 bits per heavy atom. The molecule has 1 unspecified atom stereocenters. The van der Waals surface area contributed by atoms with Crippen LogP contribution in [-0.4, -0.2) is 42.8 Å². The van der Waals surface area contributed by atoms with E-state index in [0.717, 1.165) is 42.8 Å². The van der Waals surface area contributed by atoms with Crippen molar-refractivity contribution >= 4 is 17.1 Å². The number of anilines is 1. The Morgan fingerprint density at radius 1 is 1.21 bits per heavy atom. The number of aryl methyl sites for hydroxylation is 1. The van der Waals surface area contributed by atoms with Crippen LogP contribution in [0.15, 0.2) is 12.5 Å². The minimum atomic E-state index is -0.160. The lowest BCUT2D eigenvalue weighted by Gasteiger charge is -2.37. The van der Waals surface area contributed by atoms with Crippen LogP contribution in [0.2, 0.25) is 0 Å². The normalized spacial score (nSPS) is 30.2. The highest BCUT2D eigenvalue weighted by atomic mass is 16.3. The fourth-order valence-corrected chi connectivity index (χ4v) is 3.50. The van der Waals surface area contributed by atoms with Gasteiger partial charge < -0.3 is 14.6 Å². The van der Waals surface area contributed by atoms with Crippen molar-refractivity contribution in [1.82, 2.24) is 19.5 Å². The predicted octanol–water partition coefficient (Wildman–Crippen LogP) is 0.855. The van der Waals surface area contributed by atoms with Crippen LogP contribution in [-0.2, 0) is 7.05 Å². The van der Waals surface area contributed by atoms with Gasteiger partial charge in [-0.1, -0.05) is 0 Å². The third-order valence-electron chi connectivity index (χ3n) is 4.41. The van der Waals surface area contributed by atoms with Crippen LogP contribution >= 0.6 is 0 Å². The fourth-order valence-electron chi connectivity index (χ4n) is 3.50. The average Bonchev–Trinajstić information content (AvgIpc) is 2.89. The second kappa shape index (κ2) is 3.90. The topological polar surface area (TPSA) is 67.1 Å². The summed E-state index contributed by atoms with van der Waals surface area (Å²) in [5.74, 6) is 0.769. The summed E-state index contributed by atoms with van der Waals surface area (Å²) in [6.45, 7) is 0. The van der Waals surface area contributed by atoms with Crippen LogP contribution in [0.4, 0.5) is 5.95 Å². The lowest BCUT2D eigenvalue weighted by atomic mass is 10.0.